The molecule has 0 aliphatic carbocycles. The second-order valence-corrected chi connectivity index (χ2v) is 18.6. The van der Waals surface area contributed by atoms with Crippen LogP contribution in [0.2, 0.25) is 0 Å². The van der Waals surface area contributed by atoms with Crippen LogP contribution in [-0.4, -0.2) is 19.5 Å². The molecule has 0 radical (unpaired) electrons. The van der Waals surface area contributed by atoms with Crippen LogP contribution in [0, 0.1) is 0 Å². The van der Waals surface area contributed by atoms with Crippen LogP contribution in [-0.2, 0) is 0 Å². The van der Waals surface area contributed by atoms with Crippen molar-refractivity contribution in [2.45, 2.75) is 0 Å². The predicted octanol–water partition coefficient (Wildman–Crippen LogP) is 17.2. The molecular weight excluding hydrogens is 861 g/mol. The van der Waals surface area contributed by atoms with Crippen molar-refractivity contribution in [3.8, 4) is 73.2 Å². The van der Waals surface area contributed by atoms with Gasteiger partial charge >= 0.3 is 0 Å². The smallest absolute Gasteiger partial charge is 0.164 e. The summed E-state index contributed by atoms with van der Waals surface area (Å²) in [7, 11) is 0. The SMILES string of the molecule is c1ccc(-c2cc(-c3cccc(-c4ccc5sc6ccccc6c5c4)c3)c3c(c2)c2ccccc2n3-c2cccc(-c3nc(-c4ccccc4)nc(-c4ccc5c(c4)oc4ccccc45)n3)c2)cc1. The zero-order valence-electron chi connectivity index (χ0n) is 37.0. The lowest BCUT2D eigenvalue weighted by Gasteiger charge is -2.15. The molecule has 0 spiro atoms. The zero-order valence-corrected chi connectivity index (χ0v) is 37.9. The second kappa shape index (κ2) is 15.8. The van der Waals surface area contributed by atoms with Crippen molar-refractivity contribution in [1.82, 2.24) is 19.5 Å². The Hall–Kier alpha value is -8.97. The van der Waals surface area contributed by atoms with Gasteiger partial charge in [0.05, 0.1) is 11.0 Å². The number of para-hydroxylation sites is 2. The van der Waals surface area contributed by atoms with Crippen molar-refractivity contribution >= 4 is 75.3 Å². The number of aromatic nitrogens is 4. The highest BCUT2D eigenvalue weighted by Gasteiger charge is 2.21. The maximum absolute atomic E-state index is 6.33. The molecule has 10 aromatic carbocycles. The Labute approximate surface area is 400 Å². The van der Waals surface area contributed by atoms with Crippen molar-refractivity contribution in [2.75, 3.05) is 0 Å². The number of nitrogens with zero attached hydrogens (tertiary/aromatic N) is 4. The highest BCUT2D eigenvalue weighted by molar-refractivity contribution is 7.25. The summed E-state index contributed by atoms with van der Waals surface area (Å²) < 4.78 is 11.4. The van der Waals surface area contributed by atoms with E-state index in [9.17, 15) is 0 Å². The van der Waals surface area contributed by atoms with Gasteiger partial charge in [0.1, 0.15) is 11.2 Å². The summed E-state index contributed by atoms with van der Waals surface area (Å²) in [6, 6.07) is 82.0. The molecule has 4 heterocycles. The molecule has 0 amide bonds. The molecular formula is C63H38N4OS. The Morgan fingerprint density at radius 1 is 0.319 bits per heavy atom. The molecule has 0 saturated heterocycles. The van der Waals surface area contributed by atoms with Crippen LogP contribution in [0.3, 0.4) is 0 Å². The van der Waals surface area contributed by atoms with Gasteiger partial charge in [-0.05, 0) is 101 Å². The van der Waals surface area contributed by atoms with Crippen LogP contribution in [0.25, 0.3) is 137 Å². The van der Waals surface area contributed by atoms with E-state index in [4.69, 9.17) is 19.4 Å². The molecule has 0 unspecified atom stereocenters. The fourth-order valence-electron chi connectivity index (χ4n) is 10.2. The second-order valence-electron chi connectivity index (χ2n) is 17.6. The third-order valence-corrected chi connectivity index (χ3v) is 14.6. The van der Waals surface area contributed by atoms with Crippen molar-refractivity contribution < 1.29 is 4.42 Å². The van der Waals surface area contributed by atoms with Crippen LogP contribution in [0.4, 0.5) is 0 Å². The fourth-order valence-corrected chi connectivity index (χ4v) is 11.2. The molecule has 4 aromatic heterocycles. The molecule has 322 valence electrons. The van der Waals surface area contributed by atoms with E-state index in [0.717, 1.165) is 66.5 Å². The molecule has 0 N–H and O–H groups in total. The summed E-state index contributed by atoms with van der Waals surface area (Å²) in [6.45, 7) is 0. The Morgan fingerprint density at radius 2 is 0.899 bits per heavy atom. The van der Waals surface area contributed by atoms with Gasteiger partial charge in [0, 0.05) is 69.7 Å². The fraction of sp³-hybridized carbons (Fsp3) is 0. The molecule has 0 atom stereocenters. The van der Waals surface area contributed by atoms with Crippen LogP contribution in [0.15, 0.2) is 235 Å². The Bertz CT molecular complexity index is 4320. The third-order valence-electron chi connectivity index (χ3n) is 13.4. The maximum Gasteiger partial charge on any atom is 0.164 e. The number of hydrogen-bond donors (Lipinski definition) is 0. The first-order valence-electron chi connectivity index (χ1n) is 23.2. The molecule has 6 heteroatoms. The molecule has 0 aliphatic rings. The molecule has 0 saturated carbocycles. The molecule has 0 aliphatic heterocycles. The van der Waals surface area contributed by atoms with Crippen LogP contribution in [0.1, 0.15) is 0 Å². The average Bonchev–Trinajstić information content (AvgIpc) is 4.10. The molecule has 14 rings (SSSR count). The van der Waals surface area contributed by atoms with Gasteiger partial charge < -0.3 is 8.98 Å². The molecule has 69 heavy (non-hydrogen) atoms. The standard InChI is InChI=1S/C63H38N4OS/c1-3-15-39(16-4-1)46-36-52(43-20-13-19-41(33-43)42-30-32-59-53(35-42)51-25-9-12-28-58(51)69-59)60-54(37-46)48-23-7-10-26-55(48)67(60)47-22-14-21-44(34-47)62-64-61(40-17-5-2-6-18-40)65-63(66-62)45-29-31-50-49-24-8-11-27-56(49)68-57(50)38-45/h1-38H. The van der Waals surface area contributed by atoms with E-state index in [-0.39, 0.29) is 0 Å². The monoisotopic (exact) mass is 898 g/mol. The van der Waals surface area contributed by atoms with Crippen molar-refractivity contribution in [1.29, 1.82) is 0 Å². The van der Waals surface area contributed by atoms with Crippen LogP contribution < -0.4 is 0 Å². The molecule has 0 bridgehead atoms. The summed E-state index contributed by atoms with van der Waals surface area (Å²) in [4.78, 5) is 15.5. The first kappa shape index (κ1) is 39.2. The minimum atomic E-state index is 0.574. The first-order chi connectivity index (χ1) is 34.2. The molecule has 14 aromatic rings. The summed E-state index contributed by atoms with van der Waals surface area (Å²) >= 11 is 1.85. The lowest BCUT2D eigenvalue weighted by molar-refractivity contribution is 0.669. The normalized spacial score (nSPS) is 11.8. The predicted molar refractivity (Wildman–Crippen MR) is 287 cm³/mol. The summed E-state index contributed by atoms with van der Waals surface area (Å²) in [5, 5.41) is 7.09. The number of rotatable bonds is 7. The number of fused-ring (bicyclic) bond motifs is 9. The quantitative estimate of drug-likeness (QED) is 0.160. The van der Waals surface area contributed by atoms with Crippen LogP contribution in [0.5, 0.6) is 0 Å². The highest BCUT2D eigenvalue weighted by atomic mass is 32.1. The van der Waals surface area contributed by atoms with Gasteiger partial charge in [0.2, 0.25) is 0 Å². The highest BCUT2D eigenvalue weighted by Crippen LogP contribution is 2.43. The van der Waals surface area contributed by atoms with Crippen LogP contribution >= 0.6 is 11.3 Å². The van der Waals surface area contributed by atoms with E-state index < -0.39 is 0 Å². The van der Waals surface area contributed by atoms with Crippen molar-refractivity contribution in [2.24, 2.45) is 0 Å². The van der Waals surface area contributed by atoms with Gasteiger partial charge in [-0.2, -0.15) is 0 Å². The summed E-state index contributed by atoms with van der Waals surface area (Å²) in [6.07, 6.45) is 0. The Balaban J connectivity index is 0.964. The van der Waals surface area contributed by atoms with E-state index in [0.29, 0.717) is 17.5 Å². The van der Waals surface area contributed by atoms with Gasteiger partial charge in [0.25, 0.3) is 0 Å². The van der Waals surface area contributed by atoms with Gasteiger partial charge in [-0.3, -0.25) is 0 Å². The van der Waals surface area contributed by atoms with Crippen molar-refractivity contribution in [3.05, 3.63) is 231 Å². The Morgan fingerprint density at radius 3 is 1.74 bits per heavy atom. The van der Waals surface area contributed by atoms with E-state index in [1.165, 1.54) is 53.2 Å². The van der Waals surface area contributed by atoms with E-state index in [2.05, 4.69) is 180 Å². The van der Waals surface area contributed by atoms with Gasteiger partial charge in [-0.25, -0.2) is 15.0 Å². The largest absolute Gasteiger partial charge is 0.456 e. The van der Waals surface area contributed by atoms with E-state index in [1.807, 2.05) is 65.9 Å². The van der Waals surface area contributed by atoms with Gasteiger partial charge in [-0.1, -0.05) is 158 Å². The third kappa shape index (κ3) is 6.64. The average molecular weight is 899 g/mol. The van der Waals surface area contributed by atoms with E-state index in [1.54, 1.807) is 0 Å². The first-order valence-corrected chi connectivity index (χ1v) is 24.0. The maximum atomic E-state index is 6.33. The number of furan rings is 1. The number of benzene rings is 10. The number of hydrogen-bond acceptors (Lipinski definition) is 5. The topological polar surface area (TPSA) is 56.7 Å². The summed E-state index contributed by atoms with van der Waals surface area (Å²) in [5.41, 5.74) is 14.5. The lowest BCUT2D eigenvalue weighted by Crippen LogP contribution is -2.01. The summed E-state index contributed by atoms with van der Waals surface area (Å²) in [5.74, 6) is 1.76. The molecule has 5 nitrogen and oxygen atoms in total. The van der Waals surface area contributed by atoms with Crippen molar-refractivity contribution in [3.63, 3.8) is 0 Å². The zero-order chi connectivity index (χ0) is 45.4. The van der Waals surface area contributed by atoms with Gasteiger partial charge in [0.15, 0.2) is 17.5 Å². The lowest BCUT2D eigenvalue weighted by atomic mass is 9.93. The minimum absolute atomic E-state index is 0.574. The van der Waals surface area contributed by atoms with Gasteiger partial charge in [-0.15, -0.1) is 11.3 Å². The molecule has 0 fully saturated rings. The Kier molecular flexibility index (Phi) is 9.00. The van der Waals surface area contributed by atoms with E-state index >= 15 is 0 Å². The number of thiophene rings is 1. The minimum Gasteiger partial charge on any atom is -0.456 e.